The van der Waals surface area contributed by atoms with E-state index in [4.69, 9.17) is 5.11 Å². The molecule has 0 aliphatic heterocycles. The van der Waals surface area contributed by atoms with Crippen molar-refractivity contribution in [1.82, 2.24) is 20.1 Å². The first-order valence-corrected chi connectivity index (χ1v) is 7.17. The molecular formula is C15H21N5O2. The molecule has 0 unspecified atom stereocenters. The molecule has 7 heteroatoms. The number of amides is 2. The summed E-state index contributed by atoms with van der Waals surface area (Å²) in [5.74, 6) is 0.699. The first-order chi connectivity index (χ1) is 10.5. The van der Waals surface area contributed by atoms with Crippen molar-refractivity contribution in [2.75, 3.05) is 11.9 Å². The molecule has 0 aliphatic rings. The first-order valence-electron chi connectivity index (χ1n) is 7.17. The average molecular weight is 303 g/mol. The van der Waals surface area contributed by atoms with Crippen LogP contribution in [0.4, 0.5) is 10.5 Å². The van der Waals surface area contributed by atoms with E-state index in [0.717, 1.165) is 11.4 Å². The van der Waals surface area contributed by atoms with Crippen LogP contribution >= 0.6 is 0 Å². The third kappa shape index (κ3) is 4.05. The van der Waals surface area contributed by atoms with Gasteiger partial charge < -0.3 is 15.7 Å². The van der Waals surface area contributed by atoms with Crippen LogP contribution in [0.2, 0.25) is 0 Å². The van der Waals surface area contributed by atoms with Gasteiger partial charge >= 0.3 is 6.03 Å². The highest BCUT2D eigenvalue weighted by atomic mass is 16.3. The summed E-state index contributed by atoms with van der Waals surface area (Å²) in [6, 6.07) is 5.14. The molecule has 22 heavy (non-hydrogen) atoms. The second-order valence-electron chi connectivity index (χ2n) is 5.26. The molecule has 0 bridgehead atoms. The second kappa shape index (κ2) is 7.04. The first kappa shape index (κ1) is 16.0. The van der Waals surface area contributed by atoms with Gasteiger partial charge in [-0.1, -0.05) is 0 Å². The fourth-order valence-corrected chi connectivity index (χ4v) is 2.10. The van der Waals surface area contributed by atoms with Gasteiger partial charge in [-0.3, -0.25) is 0 Å². The maximum absolute atomic E-state index is 11.8. The summed E-state index contributed by atoms with van der Waals surface area (Å²) >= 11 is 0. The molecule has 0 aliphatic carbocycles. The van der Waals surface area contributed by atoms with Gasteiger partial charge in [0.2, 0.25) is 0 Å². The fourth-order valence-electron chi connectivity index (χ4n) is 2.10. The number of nitrogens with one attached hydrogen (secondary N) is 2. The van der Waals surface area contributed by atoms with Gasteiger partial charge in [0.25, 0.3) is 0 Å². The minimum Gasteiger partial charge on any atom is -0.396 e. The number of aliphatic hydroxyl groups excluding tert-OH is 1. The van der Waals surface area contributed by atoms with Gasteiger partial charge in [-0.15, -0.1) is 0 Å². The highest BCUT2D eigenvalue weighted by Crippen LogP contribution is 2.12. The summed E-state index contributed by atoms with van der Waals surface area (Å²) in [5, 5.41) is 18.6. The van der Waals surface area contributed by atoms with Crippen molar-refractivity contribution in [3.8, 4) is 5.82 Å². The standard InChI is InChI=1S/C15H21N5O2/c1-10(6-7-21)17-15(22)18-13-4-5-14(16-9-13)20-12(3)8-11(2)19-20/h4-5,8-10,21H,6-7H2,1-3H3,(H2,17,18,22)/t10-/m1/s1. The van der Waals surface area contributed by atoms with Gasteiger partial charge in [0.05, 0.1) is 17.6 Å². The van der Waals surface area contributed by atoms with E-state index in [1.807, 2.05) is 26.8 Å². The Morgan fingerprint density at radius 2 is 2.18 bits per heavy atom. The number of aromatic nitrogens is 3. The smallest absolute Gasteiger partial charge is 0.319 e. The predicted octanol–water partition coefficient (Wildman–Crippen LogP) is 1.78. The number of aryl methyl sites for hydroxylation is 2. The maximum Gasteiger partial charge on any atom is 0.319 e. The third-order valence-electron chi connectivity index (χ3n) is 3.17. The molecule has 2 heterocycles. The lowest BCUT2D eigenvalue weighted by Gasteiger charge is -2.13. The quantitative estimate of drug-likeness (QED) is 0.785. The predicted molar refractivity (Wildman–Crippen MR) is 84.2 cm³/mol. The summed E-state index contributed by atoms with van der Waals surface area (Å²) in [7, 11) is 0. The lowest BCUT2D eigenvalue weighted by Crippen LogP contribution is -2.36. The van der Waals surface area contributed by atoms with E-state index in [9.17, 15) is 4.79 Å². The van der Waals surface area contributed by atoms with Crippen molar-refractivity contribution >= 4 is 11.7 Å². The average Bonchev–Trinajstić information content (AvgIpc) is 2.78. The van der Waals surface area contributed by atoms with E-state index in [-0.39, 0.29) is 18.7 Å². The molecular weight excluding hydrogens is 282 g/mol. The molecule has 0 saturated carbocycles. The Hall–Kier alpha value is -2.41. The number of anilines is 1. The number of rotatable bonds is 5. The molecule has 3 N–H and O–H groups in total. The van der Waals surface area contributed by atoms with Gasteiger partial charge in [0.15, 0.2) is 5.82 Å². The van der Waals surface area contributed by atoms with Gasteiger partial charge in [0, 0.05) is 18.3 Å². The Kier molecular flexibility index (Phi) is 5.11. The number of nitrogens with zero attached hydrogens (tertiary/aromatic N) is 3. The number of hydrogen-bond donors (Lipinski definition) is 3. The Bertz CT molecular complexity index is 636. The van der Waals surface area contributed by atoms with Crippen molar-refractivity contribution in [3.63, 3.8) is 0 Å². The highest BCUT2D eigenvalue weighted by Gasteiger charge is 2.08. The van der Waals surface area contributed by atoms with E-state index in [1.54, 1.807) is 23.0 Å². The second-order valence-corrected chi connectivity index (χ2v) is 5.26. The third-order valence-corrected chi connectivity index (χ3v) is 3.17. The zero-order chi connectivity index (χ0) is 16.1. The molecule has 7 nitrogen and oxygen atoms in total. The van der Waals surface area contributed by atoms with Crippen molar-refractivity contribution < 1.29 is 9.90 Å². The lowest BCUT2D eigenvalue weighted by atomic mass is 10.2. The monoisotopic (exact) mass is 303 g/mol. The van der Waals surface area contributed by atoms with Crippen molar-refractivity contribution in [2.24, 2.45) is 0 Å². The van der Waals surface area contributed by atoms with Crippen molar-refractivity contribution in [3.05, 3.63) is 35.8 Å². The number of urea groups is 1. The van der Waals surface area contributed by atoms with Crippen LogP contribution in [0.1, 0.15) is 24.7 Å². The zero-order valence-electron chi connectivity index (χ0n) is 13.0. The highest BCUT2D eigenvalue weighted by molar-refractivity contribution is 5.89. The summed E-state index contributed by atoms with van der Waals surface area (Å²) < 4.78 is 1.75. The molecule has 0 spiro atoms. The van der Waals surface area contributed by atoms with Crippen LogP contribution in [0.15, 0.2) is 24.4 Å². The van der Waals surface area contributed by atoms with Gasteiger partial charge in [0.1, 0.15) is 0 Å². The van der Waals surface area contributed by atoms with Crippen molar-refractivity contribution in [2.45, 2.75) is 33.2 Å². The molecule has 2 amide bonds. The topological polar surface area (TPSA) is 92.1 Å². The Morgan fingerprint density at radius 3 is 2.73 bits per heavy atom. The minimum absolute atomic E-state index is 0.0420. The van der Waals surface area contributed by atoms with Crippen molar-refractivity contribution in [1.29, 1.82) is 0 Å². The van der Waals surface area contributed by atoms with Gasteiger partial charge in [-0.25, -0.2) is 14.5 Å². The molecule has 0 radical (unpaired) electrons. The summed E-state index contributed by atoms with van der Waals surface area (Å²) in [4.78, 5) is 16.1. The minimum atomic E-state index is -0.318. The normalized spacial score (nSPS) is 12.0. The summed E-state index contributed by atoms with van der Waals surface area (Å²) in [6.07, 6.45) is 2.10. The zero-order valence-corrected chi connectivity index (χ0v) is 13.0. The largest absolute Gasteiger partial charge is 0.396 e. The van der Waals surface area contributed by atoms with E-state index < -0.39 is 0 Å². The van der Waals surface area contributed by atoms with Crippen LogP contribution in [0.25, 0.3) is 5.82 Å². The van der Waals surface area contributed by atoms with Gasteiger partial charge in [-0.05, 0) is 45.4 Å². The van der Waals surface area contributed by atoms with E-state index in [0.29, 0.717) is 17.9 Å². The Balaban J connectivity index is 2.00. The Labute approximate surface area is 129 Å². The van der Waals surface area contributed by atoms with E-state index >= 15 is 0 Å². The maximum atomic E-state index is 11.8. The fraction of sp³-hybridized carbons (Fsp3) is 0.400. The van der Waals surface area contributed by atoms with Gasteiger partial charge in [-0.2, -0.15) is 5.10 Å². The van der Waals surface area contributed by atoms with Crippen LogP contribution in [0.5, 0.6) is 0 Å². The van der Waals surface area contributed by atoms with Crippen LogP contribution in [-0.4, -0.2) is 38.6 Å². The number of carbonyl (C=O) groups excluding carboxylic acids is 1. The molecule has 2 aromatic rings. The number of carbonyl (C=O) groups is 1. The SMILES string of the molecule is Cc1cc(C)n(-c2ccc(NC(=O)N[C@H](C)CCO)cn2)n1. The molecule has 1 atom stereocenters. The number of pyridine rings is 1. The van der Waals surface area contributed by atoms with E-state index in [2.05, 4.69) is 20.7 Å². The van der Waals surface area contributed by atoms with Crippen LogP contribution < -0.4 is 10.6 Å². The molecule has 2 rings (SSSR count). The molecule has 118 valence electrons. The van der Waals surface area contributed by atoms with Crippen LogP contribution in [0, 0.1) is 13.8 Å². The van der Waals surface area contributed by atoms with Crippen LogP contribution in [-0.2, 0) is 0 Å². The number of hydrogen-bond acceptors (Lipinski definition) is 4. The lowest BCUT2D eigenvalue weighted by molar-refractivity contribution is 0.241. The Morgan fingerprint density at radius 1 is 1.41 bits per heavy atom. The molecule has 0 fully saturated rings. The summed E-state index contributed by atoms with van der Waals surface area (Å²) in [5.41, 5.74) is 2.53. The summed E-state index contributed by atoms with van der Waals surface area (Å²) in [6.45, 7) is 5.77. The van der Waals surface area contributed by atoms with E-state index in [1.165, 1.54) is 0 Å². The van der Waals surface area contributed by atoms with Crippen LogP contribution in [0.3, 0.4) is 0 Å². The molecule has 2 aromatic heterocycles. The number of aliphatic hydroxyl groups is 1. The molecule has 0 saturated heterocycles. The molecule has 0 aromatic carbocycles.